The Balaban J connectivity index is 2.31. The molecule has 0 fully saturated rings. The zero-order valence-electron chi connectivity index (χ0n) is 9.36. The van der Waals surface area contributed by atoms with Crippen molar-refractivity contribution in [1.29, 1.82) is 0 Å². The van der Waals surface area contributed by atoms with Gasteiger partial charge in [-0.25, -0.2) is 0 Å². The smallest absolute Gasteiger partial charge is 0.242 e. The highest BCUT2D eigenvalue weighted by molar-refractivity contribution is 7.99. The van der Waals surface area contributed by atoms with Crippen molar-refractivity contribution in [3.05, 3.63) is 35.9 Å². The highest BCUT2D eigenvalue weighted by Gasteiger charge is 2.16. The van der Waals surface area contributed by atoms with E-state index in [-0.39, 0.29) is 5.91 Å². The maximum atomic E-state index is 11.7. The maximum absolute atomic E-state index is 11.7. The lowest BCUT2D eigenvalue weighted by molar-refractivity contribution is -0.120. The van der Waals surface area contributed by atoms with E-state index in [0.717, 1.165) is 11.3 Å². The monoisotopic (exact) mass is 267 g/mol. The second-order valence-electron chi connectivity index (χ2n) is 3.32. The van der Waals surface area contributed by atoms with Gasteiger partial charge in [0.2, 0.25) is 5.91 Å². The Hall–Kier alpha value is -1.11. The van der Waals surface area contributed by atoms with Crippen molar-refractivity contribution in [3.8, 4) is 12.3 Å². The van der Waals surface area contributed by atoms with Crippen LogP contribution in [0.15, 0.2) is 30.3 Å². The van der Waals surface area contributed by atoms with E-state index < -0.39 is 5.38 Å². The van der Waals surface area contributed by atoms with Crippen LogP contribution in [0.4, 0.5) is 0 Å². The van der Waals surface area contributed by atoms with Gasteiger partial charge in [0.1, 0.15) is 5.38 Å². The van der Waals surface area contributed by atoms with Gasteiger partial charge in [-0.15, -0.1) is 29.8 Å². The van der Waals surface area contributed by atoms with Crippen LogP contribution in [0.2, 0.25) is 0 Å². The molecule has 0 aromatic heterocycles. The number of nitrogens with one attached hydrogen (secondary N) is 1. The molecule has 1 rings (SSSR count). The zero-order valence-corrected chi connectivity index (χ0v) is 10.9. The Kier molecular flexibility index (Phi) is 6.61. The van der Waals surface area contributed by atoms with E-state index in [9.17, 15) is 4.79 Å². The first-order valence-electron chi connectivity index (χ1n) is 5.23. The molecular formula is C13H14ClNOS. The zero-order chi connectivity index (χ0) is 12.5. The van der Waals surface area contributed by atoms with Crippen LogP contribution in [0, 0.1) is 12.3 Å². The molecule has 1 amide bonds. The Morgan fingerprint density at radius 1 is 1.47 bits per heavy atom. The quantitative estimate of drug-likeness (QED) is 0.487. The van der Waals surface area contributed by atoms with Gasteiger partial charge in [0.25, 0.3) is 0 Å². The number of carbonyl (C=O) groups is 1. The van der Waals surface area contributed by atoms with Crippen molar-refractivity contribution in [2.75, 3.05) is 18.1 Å². The molecule has 0 heterocycles. The van der Waals surface area contributed by atoms with Gasteiger partial charge in [-0.05, 0) is 5.56 Å². The largest absolute Gasteiger partial charge is 0.354 e. The molecular weight excluding hydrogens is 254 g/mol. The number of amides is 1. The Morgan fingerprint density at radius 2 is 2.18 bits per heavy atom. The van der Waals surface area contributed by atoms with Crippen LogP contribution < -0.4 is 5.32 Å². The molecule has 90 valence electrons. The average molecular weight is 268 g/mol. The minimum Gasteiger partial charge on any atom is -0.354 e. The van der Waals surface area contributed by atoms with Crippen molar-refractivity contribution >= 4 is 29.3 Å². The Labute approximate surface area is 111 Å². The van der Waals surface area contributed by atoms with E-state index in [1.807, 2.05) is 30.3 Å². The molecule has 2 nitrogen and oxygen atoms in total. The summed E-state index contributed by atoms with van der Waals surface area (Å²) in [4.78, 5) is 11.7. The van der Waals surface area contributed by atoms with Crippen LogP contribution in [-0.4, -0.2) is 24.0 Å². The topological polar surface area (TPSA) is 29.1 Å². The fourth-order valence-corrected chi connectivity index (χ4v) is 1.97. The van der Waals surface area contributed by atoms with E-state index in [2.05, 4.69) is 11.2 Å². The summed E-state index contributed by atoms with van der Waals surface area (Å²) in [5.41, 5.74) is 0.808. The van der Waals surface area contributed by atoms with Gasteiger partial charge in [-0.2, -0.15) is 0 Å². The molecule has 1 atom stereocenters. The Bertz CT molecular complexity index is 388. The molecule has 1 unspecified atom stereocenters. The summed E-state index contributed by atoms with van der Waals surface area (Å²) in [6.07, 6.45) is 5.12. The van der Waals surface area contributed by atoms with Crippen molar-refractivity contribution in [2.24, 2.45) is 0 Å². The fraction of sp³-hybridized carbons (Fsp3) is 0.308. The van der Waals surface area contributed by atoms with Gasteiger partial charge >= 0.3 is 0 Å². The summed E-state index contributed by atoms with van der Waals surface area (Å²) >= 11 is 7.65. The lowest BCUT2D eigenvalue weighted by Crippen LogP contribution is -2.29. The number of hydrogen-bond acceptors (Lipinski definition) is 2. The maximum Gasteiger partial charge on any atom is 0.242 e. The molecule has 0 aliphatic heterocycles. The highest BCUT2D eigenvalue weighted by atomic mass is 35.5. The molecule has 0 bridgehead atoms. The van der Waals surface area contributed by atoms with E-state index in [0.29, 0.717) is 12.3 Å². The second kappa shape index (κ2) is 8.05. The number of carbonyl (C=O) groups excluding carboxylic acids is 1. The van der Waals surface area contributed by atoms with Crippen molar-refractivity contribution in [3.63, 3.8) is 0 Å². The molecule has 1 N–H and O–H groups in total. The van der Waals surface area contributed by atoms with E-state index in [4.69, 9.17) is 18.0 Å². The lowest BCUT2D eigenvalue weighted by Gasteiger charge is -2.10. The van der Waals surface area contributed by atoms with E-state index >= 15 is 0 Å². The summed E-state index contributed by atoms with van der Waals surface area (Å²) in [5, 5.41) is 2.15. The predicted octanol–water partition coefficient (Wildman–Crippen LogP) is 2.45. The van der Waals surface area contributed by atoms with Gasteiger partial charge in [-0.3, -0.25) is 4.79 Å². The van der Waals surface area contributed by atoms with Gasteiger partial charge in [-0.1, -0.05) is 36.3 Å². The SMILES string of the molecule is C#CCSCCNC(=O)C(Cl)c1ccccc1. The summed E-state index contributed by atoms with van der Waals surface area (Å²) in [7, 11) is 0. The summed E-state index contributed by atoms with van der Waals surface area (Å²) in [5.74, 6) is 3.83. The first kappa shape index (κ1) is 14.0. The van der Waals surface area contributed by atoms with E-state index in [1.54, 1.807) is 11.8 Å². The number of terminal acetylenes is 1. The second-order valence-corrected chi connectivity index (χ2v) is 4.86. The van der Waals surface area contributed by atoms with E-state index in [1.165, 1.54) is 0 Å². The van der Waals surface area contributed by atoms with Gasteiger partial charge < -0.3 is 5.32 Å². The first-order chi connectivity index (χ1) is 8.25. The number of halogens is 1. The molecule has 1 aromatic carbocycles. The minimum absolute atomic E-state index is 0.167. The van der Waals surface area contributed by atoms with Crippen molar-refractivity contribution in [1.82, 2.24) is 5.32 Å². The number of benzene rings is 1. The Morgan fingerprint density at radius 3 is 2.82 bits per heavy atom. The third kappa shape index (κ3) is 5.16. The predicted molar refractivity (Wildman–Crippen MR) is 74.2 cm³/mol. The molecule has 4 heteroatoms. The van der Waals surface area contributed by atoms with Crippen LogP contribution in [-0.2, 0) is 4.79 Å². The molecule has 17 heavy (non-hydrogen) atoms. The van der Waals surface area contributed by atoms with Gasteiger partial charge in [0.05, 0.1) is 5.75 Å². The number of rotatable bonds is 6. The van der Waals surface area contributed by atoms with Crippen LogP contribution in [0.5, 0.6) is 0 Å². The van der Waals surface area contributed by atoms with Crippen molar-refractivity contribution < 1.29 is 4.79 Å². The van der Waals surface area contributed by atoms with Gasteiger partial charge in [0.15, 0.2) is 0 Å². The molecule has 0 aliphatic carbocycles. The lowest BCUT2D eigenvalue weighted by atomic mass is 10.1. The molecule has 0 saturated carbocycles. The third-order valence-electron chi connectivity index (χ3n) is 2.05. The summed E-state index contributed by atoms with van der Waals surface area (Å²) in [6.45, 7) is 0.585. The van der Waals surface area contributed by atoms with Gasteiger partial charge in [0, 0.05) is 12.3 Å². The van der Waals surface area contributed by atoms with Crippen molar-refractivity contribution in [2.45, 2.75) is 5.38 Å². The number of alkyl halides is 1. The normalized spacial score (nSPS) is 11.5. The fourth-order valence-electron chi connectivity index (χ4n) is 1.24. The molecule has 0 saturated heterocycles. The van der Waals surface area contributed by atoms with Crippen LogP contribution in [0.3, 0.4) is 0 Å². The highest BCUT2D eigenvalue weighted by Crippen LogP contribution is 2.19. The first-order valence-corrected chi connectivity index (χ1v) is 6.82. The summed E-state index contributed by atoms with van der Waals surface area (Å²) < 4.78 is 0. The number of hydrogen-bond donors (Lipinski definition) is 1. The standard InChI is InChI=1S/C13H14ClNOS/c1-2-9-17-10-8-15-13(16)12(14)11-6-4-3-5-7-11/h1,3-7,12H,8-10H2,(H,15,16). The molecule has 1 aromatic rings. The third-order valence-corrected chi connectivity index (χ3v) is 3.37. The minimum atomic E-state index is -0.631. The van der Waals surface area contributed by atoms with Crippen LogP contribution in [0.25, 0.3) is 0 Å². The molecule has 0 spiro atoms. The molecule has 0 radical (unpaired) electrons. The van der Waals surface area contributed by atoms with Crippen LogP contribution in [0.1, 0.15) is 10.9 Å². The number of thioether (sulfide) groups is 1. The summed E-state index contributed by atoms with van der Waals surface area (Å²) in [6, 6.07) is 9.29. The molecule has 0 aliphatic rings. The average Bonchev–Trinajstić information content (AvgIpc) is 2.38. The van der Waals surface area contributed by atoms with Crippen LogP contribution >= 0.6 is 23.4 Å².